The zero-order chi connectivity index (χ0) is 25.4. The van der Waals surface area contributed by atoms with Crippen LogP contribution in [-0.2, 0) is 0 Å². The van der Waals surface area contributed by atoms with Gasteiger partial charge in [-0.05, 0) is 46.2 Å². The highest BCUT2D eigenvalue weighted by Gasteiger charge is 2.17. The molecule has 0 aliphatic carbocycles. The summed E-state index contributed by atoms with van der Waals surface area (Å²) in [6.45, 7) is 8.98. The van der Waals surface area contributed by atoms with Crippen LogP contribution < -0.4 is 15.5 Å². The fraction of sp³-hybridized carbons (Fsp3) is 0.333. The van der Waals surface area contributed by atoms with Crippen molar-refractivity contribution < 1.29 is 4.79 Å². The Kier molecular flexibility index (Phi) is 9.07. The molecule has 0 unspecified atom stereocenters. The fourth-order valence-corrected chi connectivity index (χ4v) is 4.01. The van der Waals surface area contributed by atoms with Crippen LogP contribution in [0.25, 0.3) is 0 Å². The first kappa shape index (κ1) is 26.0. The lowest BCUT2D eigenvalue weighted by Crippen LogP contribution is -2.33. The van der Waals surface area contributed by atoms with Crippen LogP contribution in [0.5, 0.6) is 0 Å². The largest absolute Gasteiger partial charge is 0.378 e. The molecule has 5 heteroatoms. The number of anilines is 2. The van der Waals surface area contributed by atoms with E-state index in [0.717, 1.165) is 33.6 Å². The zero-order valence-corrected chi connectivity index (χ0v) is 21.7. The van der Waals surface area contributed by atoms with E-state index >= 15 is 0 Å². The van der Waals surface area contributed by atoms with Gasteiger partial charge in [0.05, 0.1) is 6.04 Å². The first-order valence-corrected chi connectivity index (χ1v) is 12.3. The van der Waals surface area contributed by atoms with Gasteiger partial charge in [-0.3, -0.25) is 4.99 Å². The van der Waals surface area contributed by atoms with Crippen molar-refractivity contribution in [3.8, 4) is 0 Å². The smallest absolute Gasteiger partial charge is 0.319 e. The third-order valence-electron chi connectivity index (χ3n) is 6.06. The molecule has 0 radical (unpaired) electrons. The molecule has 0 heterocycles. The van der Waals surface area contributed by atoms with Crippen molar-refractivity contribution in [1.82, 2.24) is 5.32 Å². The summed E-state index contributed by atoms with van der Waals surface area (Å²) >= 11 is 0. The molecule has 0 spiro atoms. The molecule has 5 nitrogen and oxygen atoms in total. The van der Waals surface area contributed by atoms with Crippen LogP contribution in [0.3, 0.4) is 0 Å². The normalized spacial score (nSPS) is 12.2. The highest BCUT2D eigenvalue weighted by molar-refractivity contribution is 5.91. The summed E-state index contributed by atoms with van der Waals surface area (Å²) in [6.07, 6.45) is 1.88. The number of benzene rings is 3. The SMILES string of the molecule is CC(C)c1cccc(C(C)C)c1NC(=O)NC[C@@H](N=Cc1ccc(N(C)C)cc1)c1ccccc1. The van der Waals surface area contributed by atoms with Gasteiger partial charge in [-0.25, -0.2) is 4.79 Å². The van der Waals surface area contributed by atoms with Crippen LogP contribution in [0.1, 0.15) is 67.8 Å². The summed E-state index contributed by atoms with van der Waals surface area (Å²) in [4.78, 5) is 19.9. The van der Waals surface area contributed by atoms with Crippen LogP contribution in [-0.4, -0.2) is 32.9 Å². The summed E-state index contributed by atoms with van der Waals surface area (Å²) in [6, 6.07) is 24.2. The Morgan fingerprint density at radius 1 is 0.857 bits per heavy atom. The summed E-state index contributed by atoms with van der Waals surface area (Å²) in [7, 11) is 4.05. The molecule has 0 aliphatic heterocycles. The fourth-order valence-electron chi connectivity index (χ4n) is 4.01. The summed E-state index contributed by atoms with van der Waals surface area (Å²) in [5.41, 5.74) is 6.42. The quantitative estimate of drug-likeness (QED) is 0.331. The van der Waals surface area contributed by atoms with Crippen molar-refractivity contribution in [2.75, 3.05) is 30.9 Å². The molecule has 184 valence electrons. The Hall–Kier alpha value is -3.60. The number of carbonyl (C=O) groups is 1. The number of para-hydroxylation sites is 1. The van der Waals surface area contributed by atoms with Crippen molar-refractivity contribution in [1.29, 1.82) is 0 Å². The number of hydrogen-bond acceptors (Lipinski definition) is 3. The van der Waals surface area contributed by atoms with Gasteiger partial charge in [0.25, 0.3) is 0 Å². The monoisotopic (exact) mass is 470 g/mol. The van der Waals surface area contributed by atoms with Crippen LogP contribution >= 0.6 is 0 Å². The molecule has 3 rings (SSSR count). The molecule has 0 saturated heterocycles. The lowest BCUT2D eigenvalue weighted by Gasteiger charge is -2.21. The van der Waals surface area contributed by atoms with E-state index in [1.165, 1.54) is 0 Å². The maximum atomic E-state index is 13.0. The van der Waals surface area contributed by atoms with Gasteiger partial charge in [-0.2, -0.15) is 0 Å². The van der Waals surface area contributed by atoms with E-state index in [0.29, 0.717) is 18.4 Å². The van der Waals surface area contributed by atoms with Crippen molar-refractivity contribution >= 4 is 23.6 Å². The number of nitrogens with zero attached hydrogens (tertiary/aromatic N) is 2. The second-order valence-corrected chi connectivity index (χ2v) is 9.65. The van der Waals surface area contributed by atoms with Gasteiger partial charge in [0.1, 0.15) is 0 Å². The van der Waals surface area contributed by atoms with E-state index in [1.54, 1.807) is 0 Å². The first-order valence-electron chi connectivity index (χ1n) is 12.3. The Balaban J connectivity index is 1.76. The minimum absolute atomic E-state index is 0.194. The summed E-state index contributed by atoms with van der Waals surface area (Å²) < 4.78 is 0. The highest BCUT2D eigenvalue weighted by atomic mass is 16.2. The summed E-state index contributed by atoms with van der Waals surface area (Å²) in [5, 5.41) is 6.18. The minimum atomic E-state index is -0.216. The molecule has 1 atom stereocenters. The molecule has 3 aromatic rings. The standard InChI is InChI=1S/C30H38N4O/c1-21(2)26-13-10-14-27(22(3)4)29(26)33-30(35)32-20-28(24-11-8-7-9-12-24)31-19-23-15-17-25(18-16-23)34(5)6/h7-19,21-22,28H,20H2,1-6H3,(H2,32,33,35)/t28-/m1/s1. The van der Waals surface area contributed by atoms with E-state index in [4.69, 9.17) is 4.99 Å². The summed E-state index contributed by atoms with van der Waals surface area (Å²) in [5.74, 6) is 0.620. The highest BCUT2D eigenvalue weighted by Crippen LogP contribution is 2.32. The van der Waals surface area contributed by atoms with Crippen LogP contribution in [0.2, 0.25) is 0 Å². The lowest BCUT2D eigenvalue weighted by molar-refractivity contribution is 0.251. The third-order valence-corrected chi connectivity index (χ3v) is 6.06. The maximum Gasteiger partial charge on any atom is 0.319 e. The van der Waals surface area contributed by atoms with Crippen LogP contribution in [0.15, 0.2) is 77.8 Å². The van der Waals surface area contributed by atoms with Crippen molar-refractivity contribution in [2.24, 2.45) is 4.99 Å². The zero-order valence-electron chi connectivity index (χ0n) is 21.7. The molecule has 0 aromatic heterocycles. The molecule has 0 aliphatic rings. The first-order chi connectivity index (χ1) is 16.8. The average molecular weight is 471 g/mol. The van der Waals surface area contributed by atoms with Gasteiger partial charge in [0.15, 0.2) is 0 Å². The molecule has 35 heavy (non-hydrogen) atoms. The predicted molar refractivity (Wildman–Crippen MR) is 149 cm³/mol. The van der Waals surface area contributed by atoms with Crippen LogP contribution in [0.4, 0.5) is 16.2 Å². The van der Waals surface area contributed by atoms with Gasteiger partial charge < -0.3 is 15.5 Å². The molecular weight excluding hydrogens is 432 g/mol. The van der Waals surface area contributed by atoms with E-state index in [1.807, 2.05) is 50.6 Å². The van der Waals surface area contributed by atoms with Crippen molar-refractivity contribution in [3.05, 3.63) is 95.1 Å². The predicted octanol–water partition coefficient (Wildman–Crippen LogP) is 6.98. The maximum absolute atomic E-state index is 13.0. The minimum Gasteiger partial charge on any atom is -0.378 e. The second kappa shape index (κ2) is 12.2. The van der Waals surface area contributed by atoms with Crippen LogP contribution in [0, 0.1) is 0 Å². The number of rotatable bonds is 9. The van der Waals surface area contributed by atoms with Gasteiger partial charge in [0.2, 0.25) is 0 Å². The number of urea groups is 1. The molecular formula is C30H38N4O. The number of carbonyl (C=O) groups excluding carboxylic acids is 1. The number of aliphatic imine (C=N–C) groups is 1. The molecule has 2 amide bonds. The Bertz CT molecular complexity index is 1090. The Morgan fingerprint density at radius 3 is 2.00 bits per heavy atom. The van der Waals surface area contributed by atoms with E-state index in [2.05, 4.69) is 85.7 Å². The number of hydrogen-bond donors (Lipinski definition) is 2. The van der Waals surface area contributed by atoms with Crippen molar-refractivity contribution in [3.63, 3.8) is 0 Å². The van der Waals surface area contributed by atoms with E-state index < -0.39 is 0 Å². The number of amides is 2. The molecule has 0 bridgehead atoms. The second-order valence-electron chi connectivity index (χ2n) is 9.65. The molecule has 0 saturated carbocycles. The van der Waals surface area contributed by atoms with Gasteiger partial charge in [-0.15, -0.1) is 0 Å². The van der Waals surface area contributed by atoms with E-state index in [9.17, 15) is 4.79 Å². The Morgan fingerprint density at radius 2 is 1.46 bits per heavy atom. The molecule has 2 N–H and O–H groups in total. The van der Waals surface area contributed by atoms with Gasteiger partial charge in [-0.1, -0.05) is 88.4 Å². The lowest BCUT2D eigenvalue weighted by atomic mass is 9.93. The van der Waals surface area contributed by atoms with Gasteiger partial charge >= 0.3 is 6.03 Å². The third kappa shape index (κ3) is 7.19. The van der Waals surface area contributed by atoms with Crippen molar-refractivity contribution in [2.45, 2.75) is 45.6 Å². The molecule has 0 fully saturated rings. The average Bonchev–Trinajstić information content (AvgIpc) is 2.84. The Labute approximate surface area is 210 Å². The molecule has 3 aromatic carbocycles. The van der Waals surface area contributed by atoms with Gasteiger partial charge in [0, 0.05) is 38.2 Å². The topological polar surface area (TPSA) is 56.7 Å². The number of nitrogens with one attached hydrogen (secondary N) is 2. The van der Waals surface area contributed by atoms with E-state index in [-0.39, 0.29) is 12.1 Å².